The van der Waals surface area contributed by atoms with Crippen molar-refractivity contribution in [2.75, 3.05) is 0 Å². The third-order valence-corrected chi connectivity index (χ3v) is 5.31. The van der Waals surface area contributed by atoms with Crippen LogP contribution in [0.3, 0.4) is 0 Å². The molecule has 2 N–H and O–H groups in total. The van der Waals surface area contributed by atoms with Crippen molar-refractivity contribution < 1.29 is 14.0 Å². The van der Waals surface area contributed by atoms with Crippen LogP contribution in [0.4, 0.5) is 4.39 Å². The van der Waals surface area contributed by atoms with Gasteiger partial charge in [-0.1, -0.05) is 12.1 Å². The molecule has 0 unspecified atom stereocenters. The predicted octanol–water partition coefficient (Wildman–Crippen LogP) is 3.81. The minimum atomic E-state index is -0.491. The molecule has 0 aliphatic heterocycles. The third-order valence-electron chi connectivity index (χ3n) is 4.53. The van der Waals surface area contributed by atoms with Gasteiger partial charge < -0.3 is 10.3 Å². The Bertz CT molecular complexity index is 1160. The molecule has 7 heteroatoms. The molecule has 2 aromatic carbocycles. The lowest BCUT2D eigenvalue weighted by molar-refractivity contribution is 0.0988. The van der Waals surface area contributed by atoms with Gasteiger partial charge in [0.25, 0.3) is 0 Å². The largest absolute Gasteiger partial charge is 0.366 e. The Labute approximate surface area is 164 Å². The van der Waals surface area contributed by atoms with E-state index >= 15 is 0 Å². The number of thiazole rings is 1. The van der Waals surface area contributed by atoms with Gasteiger partial charge in [-0.15, -0.1) is 11.3 Å². The summed E-state index contributed by atoms with van der Waals surface area (Å²) in [4.78, 5) is 28.2. The van der Waals surface area contributed by atoms with Crippen LogP contribution in [0, 0.1) is 5.82 Å². The van der Waals surface area contributed by atoms with E-state index < -0.39 is 5.91 Å². The van der Waals surface area contributed by atoms with Crippen LogP contribution in [0.1, 0.15) is 31.3 Å². The fourth-order valence-corrected chi connectivity index (χ4v) is 3.78. The molecule has 0 spiro atoms. The van der Waals surface area contributed by atoms with Crippen molar-refractivity contribution in [1.82, 2.24) is 9.55 Å². The van der Waals surface area contributed by atoms with E-state index in [1.54, 1.807) is 42.7 Å². The van der Waals surface area contributed by atoms with Gasteiger partial charge in [0, 0.05) is 40.8 Å². The number of rotatable bonds is 6. The minimum absolute atomic E-state index is 0.0608. The van der Waals surface area contributed by atoms with Crippen LogP contribution in [0.15, 0.2) is 60.2 Å². The highest BCUT2D eigenvalue weighted by Gasteiger charge is 2.17. The Hall–Kier alpha value is -3.32. The van der Waals surface area contributed by atoms with Gasteiger partial charge in [-0.05, 0) is 35.9 Å². The second-order valence-corrected chi connectivity index (χ2v) is 7.40. The van der Waals surface area contributed by atoms with Gasteiger partial charge in [-0.2, -0.15) is 0 Å². The Balaban J connectivity index is 1.70. The highest BCUT2D eigenvalue weighted by atomic mass is 32.1. The smallest absolute Gasteiger partial charge is 0.248 e. The van der Waals surface area contributed by atoms with Gasteiger partial charge in [0.1, 0.15) is 10.8 Å². The van der Waals surface area contributed by atoms with Crippen molar-refractivity contribution in [3.8, 4) is 0 Å². The molecule has 0 radical (unpaired) electrons. The van der Waals surface area contributed by atoms with Crippen LogP contribution in [-0.2, 0) is 13.0 Å². The molecule has 0 aliphatic rings. The molecule has 5 nitrogen and oxygen atoms in total. The number of nitrogens with two attached hydrogens (primary N) is 1. The molecule has 4 rings (SSSR count). The lowest BCUT2D eigenvalue weighted by Crippen LogP contribution is -2.10. The Kier molecular flexibility index (Phi) is 4.75. The second-order valence-electron chi connectivity index (χ2n) is 6.42. The van der Waals surface area contributed by atoms with Crippen LogP contribution in [0.2, 0.25) is 0 Å². The Morgan fingerprint density at radius 1 is 1.14 bits per heavy atom. The maximum Gasteiger partial charge on any atom is 0.248 e. The number of nitrogens with zero attached hydrogens (tertiary/aromatic N) is 2. The number of halogens is 1. The summed E-state index contributed by atoms with van der Waals surface area (Å²) >= 11 is 1.43. The zero-order valence-corrected chi connectivity index (χ0v) is 15.6. The highest BCUT2D eigenvalue weighted by molar-refractivity contribution is 7.09. The summed E-state index contributed by atoms with van der Waals surface area (Å²) in [6, 6.07) is 11.3. The lowest BCUT2D eigenvalue weighted by atomic mass is 10.1. The van der Waals surface area contributed by atoms with Crippen molar-refractivity contribution in [1.29, 1.82) is 0 Å². The van der Waals surface area contributed by atoms with E-state index in [4.69, 9.17) is 5.73 Å². The summed E-state index contributed by atoms with van der Waals surface area (Å²) < 4.78 is 15.7. The van der Waals surface area contributed by atoms with Crippen LogP contribution >= 0.6 is 11.3 Å². The average molecular weight is 393 g/mol. The number of hydrogen-bond donors (Lipinski definition) is 1. The minimum Gasteiger partial charge on any atom is -0.366 e. The first-order chi connectivity index (χ1) is 13.5. The van der Waals surface area contributed by atoms with Crippen LogP contribution in [0.5, 0.6) is 0 Å². The Morgan fingerprint density at radius 3 is 2.61 bits per heavy atom. The van der Waals surface area contributed by atoms with Gasteiger partial charge in [-0.3, -0.25) is 9.59 Å². The second kappa shape index (κ2) is 7.36. The van der Waals surface area contributed by atoms with Crippen molar-refractivity contribution in [3.63, 3.8) is 0 Å². The van der Waals surface area contributed by atoms with E-state index in [9.17, 15) is 14.0 Å². The summed E-state index contributed by atoms with van der Waals surface area (Å²) in [5.74, 6) is -0.917. The number of ketones is 1. The zero-order chi connectivity index (χ0) is 19.7. The van der Waals surface area contributed by atoms with Crippen molar-refractivity contribution in [2.24, 2.45) is 5.73 Å². The van der Waals surface area contributed by atoms with Crippen molar-refractivity contribution >= 4 is 33.9 Å². The first kappa shape index (κ1) is 18.1. The van der Waals surface area contributed by atoms with Gasteiger partial charge in [0.05, 0.1) is 11.9 Å². The monoisotopic (exact) mass is 393 g/mol. The number of hydrogen-bond acceptors (Lipinski definition) is 4. The number of primary amides is 1. The summed E-state index contributed by atoms with van der Waals surface area (Å²) in [7, 11) is 0. The first-order valence-corrected chi connectivity index (χ1v) is 9.48. The van der Waals surface area contributed by atoms with Crippen LogP contribution in [-0.4, -0.2) is 21.2 Å². The van der Waals surface area contributed by atoms with Gasteiger partial charge in [-0.25, -0.2) is 9.37 Å². The number of Topliss-reactive ketones (excluding diaryl/α,β-unsaturated/α-hetero) is 1. The predicted molar refractivity (Wildman–Crippen MR) is 106 cm³/mol. The van der Waals surface area contributed by atoms with E-state index in [1.807, 2.05) is 9.95 Å². The number of benzene rings is 2. The summed E-state index contributed by atoms with van der Waals surface area (Å²) in [5, 5.41) is 3.28. The fraction of sp³-hybridized carbons (Fsp3) is 0.0952. The molecule has 1 amide bonds. The van der Waals surface area contributed by atoms with Crippen molar-refractivity contribution in [3.05, 3.63) is 87.8 Å². The normalized spacial score (nSPS) is 11.0. The number of carbonyl (C=O) groups is 2. The molecule has 28 heavy (non-hydrogen) atoms. The molecule has 0 atom stereocenters. The maximum absolute atomic E-state index is 13.9. The molecule has 0 bridgehead atoms. The fourth-order valence-electron chi connectivity index (χ4n) is 3.16. The molecular formula is C21H16FN3O2S. The molecule has 4 aromatic rings. The highest BCUT2D eigenvalue weighted by Crippen LogP contribution is 2.25. The summed E-state index contributed by atoms with van der Waals surface area (Å²) in [6.07, 6.45) is 3.63. The summed E-state index contributed by atoms with van der Waals surface area (Å²) in [6.45, 7) is 0.434. The molecule has 0 fully saturated rings. The standard InChI is InChI=1S/C21H16FN3O2S/c22-15-5-6-16-17(19(26)10-20-24-7-8-28-20)12-25(18(16)9-15)11-13-1-3-14(4-2-13)21(23)27/h1-9,12H,10-11H2,(H2,23,27). The first-order valence-electron chi connectivity index (χ1n) is 8.60. The number of fused-ring (bicyclic) bond motifs is 1. The summed E-state index contributed by atoms with van der Waals surface area (Å²) in [5.41, 5.74) is 7.78. The molecule has 0 saturated heterocycles. The van der Waals surface area contributed by atoms with E-state index in [2.05, 4.69) is 4.98 Å². The Morgan fingerprint density at radius 2 is 1.93 bits per heavy atom. The molecule has 0 saturated carbocycles. The van der Waals surface area contributed by atoms with E-state index in [1.165, 1.54) is 23.5 Å². The van der Waals surface area contributed by atoms with E-state index in [0.29, 0.717) is 28.6 Å². The lowest BCUT2D eigenvalue weighted by Gasteiger charge is -2.06. The molecule has 0 aliphatic carbocycles. The quantitative estimate of drug-likeness (QED) is 0.506. The molecule has 2 aromatic heterocycles. The number of carbonyl (C=O) groups excluding carboxylic acids is 2. The van der Waals surface area contributed by atoms with Crippen molar-refractivity contribution in [2.45, 2.75) is 13.0 Å². The van der Waals surface area contributed by atoms with Gasteiger partial charge in [0.15, 0.2) is 5.78 Å². The average Bonchev–Trinajstić information content (AvgIpc) is 3.30. The zero-order valence-electron chi connectivity index (χ0n) is 14.8. The molecule has 140 valence electrons. The van der Waals surface area contributed by atoms with Gasteiger partial charge in [0.2, 0.25) is 5.91 Å². The number of aromatic nitrogens is 2. The van der Waals surface area contributed by atoms with E-state index in [-0.39, 0.29) is 18.0 Å². The number of amides is 1. The van der Waals surface area contributed by atoms with Gasteiger partial charge >= 0.3 is 0 Å². The maximum atomic E-state index is 13.9. The molecule has 2 heterocycles. The van der Waals surface area contributed by atoms with E-state index in [0.717, 1.165) is 10.6 Å². The topological polar surface area (TPSA) is 78.0 Å². The SMILES string of the molecule is NC(=O)c1ccc(Cn2cc(C(=O)Cc3nccs3)c3ccc(F)cc32)cc1. The third kappa shape index (κ3) is 3.57. The molecular weight excluding hydrogens is 377 g/mol. The van der Waals surface area contributed by atoms with Crippen LogP contribution in [0.25, 0.3) is 10.9 Å². The van der Waals surface area contributed by atoms with Crippen LogP contribution < -0.4 is 5.73 Å².